The van der Waals surface area contributed by atoms with Gasteiger partial charge in [0.15, 0.2) is 5.82 Å². The van der Waals surface area contributed by atoms with Gasteiger partial charge in [-0.15, -0.1) is 0 Å². The molecule has 6 heteroatoms. The number of benzene rings is 1. The highest BCUT2D eigenvalue weighted by molar-refractivity contribution is 5.90. The van der Waals surface area contributed by atoms with Gasteiger partial charge in [0.1, 0.15) is 5.82 Å². The molecule has 1 fully saturated rings. The molecule has 1 aliphatic heterocycles. The first-order valence-electron chi connectivity index (χ1n) is 7.43. The van der Waals surface area contributed by atoms with Gasteiger partial charge in [0.2, 0.25) is 0 Å². The van der Waals surface area contributed by atoms with Gasteiger partial charge in [-0.05, 0) is 25.0 Å². The summed E-state index contributed by atoms with van der Waals surface area (Å²) >= 11 is 0. The molecule has 1 N–H and O–H groups in total. The van der Waals surface area contributed by atoms with E-state index in [2.05, 4.69) is 10.3 Å². The van der Waals surface area contributed by atoms with E-state index >= 15 is 0 Å². The number of para-hydroxylation sites is 1. The Labute approximate surface area is 128 Å². The molecule has 2 aromatic rings. The lowest BCUT2D eigenvalue weighted by Crippen LogP contribution is -2.43. The predicted octanol–water partition coefficient (Wildman–Crippen LogP) is 2.28. The molecule has 0 spiro atoms. The summed E-state index contributed by atoms with van der Waals surface area (Å²) < 4.78 is 15.4. The summed E-state index contributed by atoms with van der Waals surface area (Å²) in [5.74, 6) is 0.173. The largest absolute Gasteiger partial charge is 0.380 e. The lowest BCUT2D eigenvalue weighted by Gasteiger charge is -2.32. The summed E-state index contributed by atoms with van der Waals surface area (Å²) in [6.45, 7) is 1.30. The van der Waals surface area contributed by atoms with Crippen molar-refractivity contribution in [2.45, 2.75) is 18.9 Å². The standard InChI is InChI=1S/C16H19FN4O/c1-20-11-8-18-15(20)16(22)21-9-6-12(7-10-21)19-14-5-3-2-4-13(14)17/h2-5,8,11-12,19H,6-7,9-10H2,1H3. The molecule has 0 saturated carbocycles. The second kappa shape index (κ2) is 6.17. The minimum Gasteiger partial charge on any atom is -0.380 e. The Balaban J connectivity index is 1.58. The maximum atomic E-state index is 13.6. The third-order valence-corrected chi connectivity index (χ3v) is 4.03. The summed E-state index contributed by atoms with van der Waals surface area (Å²) in [5.41, 5.74) is 0.524. The number of piperidine rings is 1. The first-order valence-corrected chi connectivity index (χ1v) is 7.43. The number of carbonyl (C=O) groups is 1. The Bertz CT molecular complexity index is 662. The molecule has 1 saturated heterocycles. The van der Waals surface area contributed by atoms with Crippen molar-refractivity contribution in [2.24, 2.45) is 7.05 Å². The van der Waals surface area contributed by atoms with E-state index in [1.807, 2.05) is 18.0 Å². The summed E-state index contributed by atoms with van der Waals surface area (Å²) in [4.78, 5) is 18.3. The number of nitrogens with zero attached hydrogens (tertiary/aromatic N) is 3. The van der Waals surface area contributed by atoms with Crippen molar-refractivity contribution < 1.29 is 9.18 Å². The zero-order chi connectivity index (χ0) is 15.5. The number of halogens is 1. The lowest BCUT2D eigenvalue weighted by molar-refractivity contribution is 0.0702. The molecule has 0 atom stereocenters. The number of aromatic nitrogens is 2. The predicted molar refractivity (Wildman–Crippen MR) is 82.2 cm³/mol. The van der Waals surface area contributed by atoms with Crippen LogP contribution in [0.15, 0.2) is 36.7 Å². The van der Waals surface area contributed by atoms with Crippen molar-refractivity contribution in [1.82, 2.24) is 14.5 Å². The molecular weight excluding hydrogens is 283 g/mol. The van der Waals surface area contributed by atoms with Gasteiger partial charge < -0.3 is 14.8 Å². The van der Waals surface area contributed by atoms with Crippen LogP contribution in [-0.4, -0.2) is 39.5 Å². The fourth-order valence-electron chi connectivity index (χ4n) is 2.74. The van der Waals surface area contributed by atoms with E-state index in [1.54, 1.807) is 29.1 Å². The van der Waals surface area contributed by atoms with Gasteiger partial charge in [-0.2, -0.15) is 0 Å². The van der Waals surface area contributed by atoms with Crippen LogP contribution in [0.5, 0.6) is 0 Å². The van der Waals surface area contributed by atoms with Gasteiger partial charge in [0.05, 0.1) is 5.69 Å². The molecule has 116 valence electrons. The van der Waals surface area contributed by atoms with Gasteiger partial charge >= 0.3 is 0 Å². The molecule has 0 aliphatic carbocycles. The number of hydrogen-bond donors (Lipinski definition) is 1. The van der Waals surface area contributed by atoms with Crippen molar-refractivity contribution >= 4 is 11.6 Å². The molecule has 5 nitrogen and oxygen atoms in total. The van der Waals surface area contributed by atoms with Crippen LogP contribution >= 0.6 is 0 Å². The van der Waals surface area contributed by atoms with Crippen LogP contribution in [-0.2, 0) is 7.05 Å². The quantitative estimate of drug-likeness (QED) is 0.946. The molecule has 1 aliphatic rings. The zero-order valence-electron chi connectivity index (χ0n) is 12.5. The highest BCUT2D eigenvalue weighted by Crippen LogP contribution is 2.20. The van der Waals surface area contributed by atoms with E-state index < -0.39 is 0 Å². The second-order valence-corrected chi connectivity index (χ2v) is 5.55. The van der Waals surface area contributed by atoms with E-state index in [0.29, 0.717) is 24.6 Å². The molecule has 22 heavy (non-hydrogen) atoms. The van der Waals surface area contributed by atoms with Gasteiger partial charge in [-0.1, -0.05) is 12.1 Å². The third kappa shape index (κ3) is 2.95. The Hall–Kier alpha value is -2.37. The third-order valence-electron chi connectivity index (χ3n) is 4.03. The molecule has 0 unspecified atom stereocenters. The van der Waals surface area contributed by atoms with Gasteiger partial charge in [0, 0.05) is 38.6 Å². The highest BCUT2D eigenvalue weighted by atomic mass is 19.1. The minimum atomic E-state index is -0.242. The number of anilines is 1. The molecule has 1 amide bonds. The van der Waals surface area contributed by atoms with E-state index in [1.165, 1.54) is 6.07 Å². The second-order valence-electron chi connectivity index (χ2n) is 5.55. The van der Waals surface area contributed by atoms with E-state index in [9.17, 15) is 9.18 Å². The SMILES string of the molecule is Cn1ccnc1C(=O)N1CCC(Nc2ccccc2F)CC1. The van der Waals surface area contributed by atoms with Gasteiger partial charge in [-0.3, -0.25) is 4.79 Å². The maximum absolute atomic E-state index is 13.6. The molecule has 0 radical (unpaired) electrons. The van der Waals surface area contributed by atoms with Crippen LogP contribution in [0, 0.1) is 5.82 Å². The van der Waals surface area contributed by atoms with Crippen molar-refractivity contribution in [3.63, 3.8) is 0 Å². The Morgan fingerprint density at radius 1 is 1.32 bits per heavy atom. The first kappa shape index (κ1) is 14.6. The first-order chi connectivity index (χ1) is 10.6. The summed E-state index contributed by atoms with van der Waals surface area (Å²) in [5, 5.41) is 3.22. The number of likely N-dealkylation sites (tertiary alicyclic amines) is 1. The van der Waals surface area contributed by atoms with Crippen molar-refractivity contribution in [3.05, 3.63) is 48.3 Å². The molecule has 0 bridgehead atoms. The fourth-order valence-corrected chi connectivity index (χ4v) is 2.74. The Morgan fingerprint density at radius 3 is 2.68 bits per heavy atom. The Morgan fingerprint density at radius 2 is 2.05 bits per heavy atom. The van der Waals surface area contributed by atoms with Crippen LogP contribution in [0.25, 0.3) is 0 Å². The number of amides is 1. The number of aryl methyl sites for hydroxylation is 1. The molecule has 1 aromatic heterocycles. The molecular formula is C16H19FN4O. The molecule has 3 rings (SSSR count). The van der Waals surface area contributed by atoms with Gasteiger partial charge in [-0.25, -0.2) is 9.37 Å². The summed E-state index contributed by atoms with van der Waals surface area (Å²) in [6, 6.07) is 6.85. The van der Waals surface area contributed by atoms with Crippen LogP contribution < -0.4 is 5.32 Å². The number of nitrogens with one attached hydrogen (secondary N) is 1. The summed E-state index contributed by atoms with van der Waals surface area (Å²) in [7, 11) is 1.81. The molecule has 2 heterocycles. The van der Waals surface area contributed by atoms with Crippen molar-refractivity contribution in [1.29, 1.82) is 0 Å². The van der Waals surface area contributed by atoms with Crippen molar-refractivity contribution in [3.8, 4) is 0 Å². The van der Waals surface area contributed by atoms with Crippen LogP contribution in [0.3, 0.4) is 0 Å². The monoisotopic (exact) mass is 302 g/mol. The average molecular weight is 302 g/mol. The average Bonchev–Trinajstić information content (AvgIpc) is 2.96. The van der Waals surface area contributed by atoms with E-state index in [0.717, 1.165) is 12.8 Å². The van der Waals surface area contributed by atoms with Crippen LogP contribution in [0.4, 0.5) is 10.1 Å². The number of imidazole rings is 1. The fraction of sp³-hybridized carbons (Fsp3) is 0.375. The molecule has 1 aromatic carbocycles. The number of hydrogen-bond acceptors (Lipinski definition) is 3. The lowest BCUT2D eigenvalue weighted by atomic mass is 10.0. The minimum absolute atomic E-state index is 0.0446. The van der Waals surface area contributed by atoms with Crippen LogP contribution in [0.2, 0.25) is 0 Å². The zero-order valence-corrected chi connectivity index (χ0v) is 12.5. The van der Waals surface area contributed by atoms with E-state index in [-0.39, 0.29) is 17.8 Å². The maximum Gasteiger partial charge on any atom is 0.289 e. The summed E-state index contributed by atoms with van der Waals surface area (Å²) in [6.07, 6.45) is 4.98. The van der Waals surface area contributed by atoms with Crippen molar-refractivity contribution in [2.75, 3.05) is 18.4 Å². The number of rotatable bonds is 3. The van der Waals surface area contributed by atoms with E-state index in [4.69, 9.17) is 0 Å². The van der Waals surface area contributed by atoms with Gasteiger partial charge in [0.25, 0.3) is 5.91 Å². The smallest absolute Gasteiger partial charge is 0.289 e. The highest BCUT2D eigenvalue weighted by Gasteiger charge is 2.25. The topological polar surface area (TPSA) is 50.2 Å². The number of carbonyl (C=O) groups excluding carboxylic acids is 1. The normalized spacial score (nSPS) is 15.8. The van der Waals surface area contributed by atoms with Crippen LogP contribution in [0.1, 0.15) is 23.5 Å². The Kier molecular flexibility index (Phi) is 4.09.